The van der Waals surface area contributed by atoms with Crippen LogP contribution in [0.3, 0.4) is 0 Å². The number of aryl methyl sites for hydroxylation is 3. The normalized spacial score (nSPS) is 22.5. The summed E-state index contributed by atoms with van der Waals surface area (Å²) in [5.41, 5.74) is 4.41. The minimum absolute atomic E-state index is 0.0437. The van der Waals surface area contributed by atoms with Gasteiger partial charge in [0.25, 0.3) is 11.5 Å². The van der Waals surface area contributed by atoms with Crippen LogP contribution in [-0.2, 0) is 17.6 Å². The number of rotatable bonds is 3. The van der Waals surface area contributed by atoms with E-state index in [0.717, 1.165) is 31.4 Å². The Labute approximate surface area is 187 Å². The quantitative estimate of drug-likeness (QED) is 0.692. The minimum atomic E-state index is -0.379. The predicted molar refractivity (Wildman–Crippen MR) is 123 cm³/mol. The van der Waals surface area contributed by atoms with Gasteiger partial charge in [-0.15, -0.1) is 0 Å². The maximum Gasteiger partial charge on any atom is 0.263 e. The molecule has 1 aliphatic carbocycles. The van der Waals surface area contributed by atoms with Crippen LogP contribution in [0.4, 0.5) is 11.4 Å². The van der Waals surface area contributed by atoms with E-state index in [2.05, 4.69) is 27.8 Å². The van der Waals surface area contributed by atoms with Crippen LogP contribution in [0.5, 0.6) is 0 Å². The van der Waals surface area contributed by atoms with Crippen molar-refractivity contribution in [2.45, 2.75) is 51.9 Å². The van der Waals surface area contributed by atoms with E-state index < -0.39 is 0 Å². The molecule has 1 spiro atoms. The molecule has 1 atom stereocenters. The summed E-state index contributed by atoms with van der Waals surface area (Å²) < 4.78 is 0. The summed E-state index contributed by atoms with van der Waals surface area (Å²) in [5, 5.41) is 6.27. The van der Waals surface area contributed by atoms with Crippen LogP contribution in [0.1, 0.15) is 59.3 Å². The standard InChI is InChI=1S/C25H30N4O3/c1-16-11-20(28-19-8-7-17-5-2-3-6-18(17)12-19)22(23(31)27-16)24(32)29-10-4-9-25(15-29)13-21(30)26-14-25/h7-8,11-12H,2-6,9-10,13-15H2,1H3,(H,26,30)(H2,27,28,31). The van der Waals surface area contributed by atoms with Gasteiger partial charge in [0.05, 0.1) is 5.69 Å². The molecule has 32 heavy (non-hydrogen) atoms. The third-order valence-corrected chi connectivity index (χ3v) is 7.15. The molecule has 0 radical (unpaired) electrons. The average molecular weight is 435 g/mol. The number of aromatic amines is 1. The van der Waals surface area contributed by atoms with E-state index in [-0.39, 0.29) is 28.4 Å². The first-order chi connectivity index (χ1) is 15.4. The monoisotopic (exact) mass is 434 g/mol. The Balaban J connectivity index is 1.45. The van der Waals surface area contributed by atoms with E-state index >= 15 is 0 Å². The van der Waals surface area contributed by atoms with E-state index in [1.54, 1.807) is 4.90 Å². The molecule has 1 unspecified atom stereocenters. The van der Waals surface area contributed by atoms with Crippen molar-refractivity contribution < 1.29 is 9.59 Å². The van der Waals surface area contributed by atoms with E-state index in [4.69, 9.17) is 0 Å². The number of carbonyl (C=O) groups is 2. The topological polar surface area (TPSA) is 94.3 Å². The highest BCUT2D eigenvalue weighted by Gasteiger charge is 2.43. The number of hydrogen-bond acceptors (Lipinski definition) is 4. The van der Waals surface area contributed by atoms with Gasteiger partial charge >= 0.3 is 0 Å². The predicted octanol–water partition coefficient (Wildman–Crippen LogP) is 3.05. The lowest BCUT2D eigenvalue weighted by Crippen LogP contribution is -2.48. The molecule has 2 aliphatic heterocycles. The number of hydrogen-bond donors (Lipinski definition) is 3. The van der Waals surface area contributed by atoms with Gasteiger partial charge in [-0.05, 0) is 74.8 Å². The van der Waals surface area contributed by atoms with Gasteiger partial charge in [0.1, 0.15) is 5.56 Å². The fourth-order valence-corrected chi connectivity index (χ4v) is 5.55. The fourth-order valence-electron chi connectivity index (χ4n) is 5.55. The van der Waals surface area contributed by atoms with Crippen molar-refractivity contribution in [3.05, 3.63) is 57.0 Å². The van der Waals surface area contributed by atoms with E-state index in [1.165, 1.54) is 24.0 Å². The number of carbonyl (C=O) groups excluding carboxylic acids is 2. The van der Waals surface area contributed by atoms with Crippen molar-refractivity contribution in [1.29, 1.82) is 0 Å². The van der Waals surface area contributed by atoms with Gasteiger partial charge in [-0.25, -0.2) is 0 Å². The average Bonchev–Trinajstić information content (AvgIpc) is 3.12. The number of anilines is 2. The number of amides is 2. The van der Waals surface area contributed by atoms with Crippen molar-refractivity contribution in [3.63, 3.8) is 0 Å². The van der Waals surface area contributed by atoms with Crippen LogP contribution in [-0.4, -0.2) is 41.3 Å². The Morgan fingerprint density at radius 3 is 2.69 bits per heavy atom. The highest BCUT2D eigenvalue weighted by Crippen LogP contribution is 2.37. The lowest BCUT2D eigenvalue weighted by Gasteiger charge is -2.39. The molecular formula is C25H30N4O3. The van der Waals surface area contributed by atoms with Gasteiger partial charge in [0.2, 0.25) is 5.91 Å². The number of nitrogens with one attached hydrogen (secondary N) is 3. The van der Waals surface area contributed by atoms with Gasteiger partial charge in [-0.2, -0.15) is 0 Å². The summed E-state index contributed by atoms with van der Waals surface area (Å²) in [5.74, 6) is -0.229. The molecule has 2 fully saturated rings. The van der Waals surface area contributed by atoms with Crippen molar-refractivity contribution in [3.8, 4) is 0 Å². The summed E-state index contributed by atoms with van der Waals surface area (Å²) in [6, 6.07) is 8.15. The minimum Gasteiger partial charge on any atom is -0.355 e. The van der Waals surface area contributed by atoms with E-state index in [0.29, 0.717) is 37.4 Å². The Kier molecular flexibility index (Phi) is 5.27. The molecule has 3 N–H and O–H groups in total. The van der Waals surface area contributed by atoms with Crippen molar-refractivity contribution in [1.82, 2.24) is 15.2 Å². The van der Waals surface area contributed by atoms with E-state index in [9.17, 15) is 14.4 Å². The second kappa shape index (κ2) is 8.11. The molecule has 5 rings (SSSR count). The summed E-state index contributed by atoms with van der Waals surface area (Å²) in [6.45, 7) is 3.51. The third-order valence-electron chi connectivity index (χ3n) is 7.15. The number of nitrogens with zero attached hydrogens (tertiary/aromatic N) is 1. The van der Waals surface area contributed by atoms with Gasteiger partial charge < -0.3 is 20.5 Å². The fraction of sp³-hybridized carbons (Fsp3) is 0.480. The summed E-state index contributed by atoms with van der Waals surface area (Å²) in [4.78, 5) is 42.9. The molecule has 3 heterocycles. The molecule has 2 amide bonds. The molecule has 1 aromatic carbocycles. The lowest BCUT2D eigenvalue weighted by molar-refractivity contribution is -0.119. The molecule has 1 aromatic heterocycles. The maximum atomic E-state index is 13.6. The molecule has 2 aromatic rings. The Hall–Kier alpha value is -3.09. The van der Waals surface area contributed by atoms with Crippen LogP contribution in [0.2, 0.25) is 0 Å². The first kappa shape index (κ1) is 20.8. The highest BCUT2D eigenvalue weighted by atomic mass is 16.2. The number of H-pyrrole nitrogens is 1. The second-order valence-electron chi connectivity index (χ2n) is 9.67. The lowest BCUT2D eigenvalue weighted by atomic mass is 9.79. The van der Waals surface area contributed by atoms with Gasteiger partial charge in [0.15, 0.2) is 0 Å². The summed E-state index contributed by atoms with van der Waals surface area (Å²) >= 11 is 0. The Bertz CT molecular complexity index is 1140. The second-order valence-corrected chi connectivity index (χ2v) is 9.67. The molecule has 2 saturated heterocycles. The van der Waals surface area contributed by atoms with Gasteiger partial charge in [0, 0.05) is 42.9 Å². The van der Waals surface area contributed by atoms with Crippen molar-refractivity contribution in [2.24, 2.45) is 5.41 Å². The van der Waals surface area contributed by atoms with Crippen LogP contribution in [0, 0.1) is 12.3 Å². The number of aromatic nitrogens is 1. The third kappa shape index (κ3) is 3.92. The molecule has 7 nitrogen and oxygen atoms in total. The van der Waals surface area contributed by atoms with Gasteiger partial charge in [-0.3, -0.25) is 14.4 Å². The molecule has 3 aliphatic rings. The summed E-state index contributed by atoms with van der Waals surface area (Å²) in [7, 11) is 0. The maximum absolute atomic E-state index is 13.6. The highest BCUT2D eigenvalue weighted by molar-refractivity contribution is 6.00. The van der Waals surface area contributed by atoms with Crippen molar-refractivity contribution >= 4 is 23.2 Å². The van der Waals surface area contributed by atoms with Crippen LogP contribution in [0.15, 0.2) is 29.1 Å². The SMILES string of the molecule is Cc1cc(Nc2ccc3c(c2)CCCC3)c(C(=O)N2CCCC3(CNC(=O)C3)C2)c(=O)[nH]1. The Morgan fingerprint density at radius 1 is 1.09 bits per heavy atom. The molecular weight excluding hydrogens is 404 g/mol. The van der Waals surface area contributed by atoms with Crippen LogP contribution < -0.4 is 16.2 Å². The Morgan fingerprint density at radius 2 is 1.91 bits per heavy atom. The zero-order chi connectivity index (χ0) is 22.3. The number of fused-ring (bicyclic) bond motifs is 1. The summed E-state index contributed by atoms with van der Waals surface area (Å²) in [6.07, 6.45) is 6.78. The first-order valence-electron chi connectivity index (χ1n) is 11.6. The zero-order valence-electron chi connectivity index (χ0n) is 18.6. The molecule has 168 valence electrons. The zero-order valence-corrected chi connectivity index (χ0v) is 18.6. The van der Waals surface area contributed by atoms with Crippen LogP contribution in [0.25, 0.3) is 0 Å². The number of benzene rings is 1. The van der Waals surface area contributed by atoms with E-state index in [1.807, 2.05) is 19.1 Å². The van der Waals surface area contributed by atoms with Crippen molar-refractivity contribution in [2.75, 3.05) is 25.0 Å². The first-order valence-corrected chi connectivity index (χ1v) is 11.6. The molecule has 0 saturated carbocycles. The molecule has 7 heteroatoms. The number of likely N-dealkylation sites (tertiary alicyclic amines) is 1. The number of pyridine rings is 1. The van der Waals surface area contributed by atoms with Crippen LogP contribution >= 0.6 is 0 Å². The largest absolute Gasteiger partial charge is 0.355 e. The number of piperidine rings is 1. The van der Waals surface area contributed by atoms with Gasteiger partial charge in [-0.1, -0.05) is 6.07 Å². The smallest absolute Gasteiger partial charge is 0.263 e. The molecule has 0 bridgehead atoms.